The zero-order valence-electron chi connectivity index (χ0n) is 11.2. The van der Waals surface area contributed by atoms with Crippen LogP contribution in [0.3, 0.4) is 0 Å². The highest BCUT2D eigenvalue weighted by atomic mass is 35.5. The summed E-state index contributed by atoms with van der Waals surface area (Å²) >= 11 is 5.73. The van der Waals surface area contributed by atoms with Gasteiger partial charge in [-0.25, -0.2) is 0 Å². The predicted octanol–water partition coefficient (Wildman–Crippen LogP) is 3.15. The van der Waals surface area contributed by atoms with Gasteiger partial charge in [0, 0.05) is 18.8 Å². The first-order valence-corrected chi connectivity index (χ1v) is 7.25. The van der Waals surface area contributed by atoms with E-state index in [2.05, 4.69) is 37.4 Å². The molecule has 2 unspecified atom stereocenters. The number of nitrogens with one attached hydrogen (secondary N) is 1. The van der Waals surface area contributed by atoms with Crippen molar-refractivity contribution in [2.24, 2.45) is 5.92 Å². The van der Waals surface area contributed by atoms with Gasteiger partial charge in [0.15, 0.2) is 0 Å². The van der Waals surface area contributed by atoms with Crippen LogP contribution >= 0.6 is 11.6 Å². The van der Waals surface area contributed by atoms with Gasteiger partial charge in [0.2, 0.25) is 0 Å². The third-order valence-corrected chi connectivity index (χ3v) is 3.64. The molecule has 0 fully saturated rings. The summed E-state index contributed by atoms with van der Waals surface area (Å²) in [4.78, 5) is 0. The molecule has 18 heavy (non-hydrogen) atoms. The first-order valence-electron chi connectivity index (χ1n) is 6.72. The van der Waals surface area contributed by atoms with Gasteiger partial charge in [-0.05, 0) is 37.4 Å². The van der Waals surface area contributed by atoms with E-state index in [1.165, 1.54) is 11.1 Å². The second kappa shape index (κ2) is 6.44. The van der Waals surface area contributed by atoms with Crippen LogP contribution in [-0.2, 0) is 6.42 Å². The molecule has 1 aromatic rings. The van der Waals surface area contributed by atoms with E-state index in [9.17, 15) is 0 Å². The van der Waals surface area contributed by atoms with Crippen molar-refractivity contribution in [1.29, 1.82) is 0 Å². The molecule has 100 valence electrons. The lowest BCUT2D eigenvalue weighted by Gasteiger charge is -2.14. The maximum absolute atomic E-state index is 5.92. The smallest absolute Gasteiger partial charge is 0.123 e. The number of hydrogen-bond acceptors (Lipinski definition) is 2. The number of ether oxygens (including phenoxy) is 1. The first kappa shape index (κ1) is 13.7. The van der Waals surface area contributed by atoms with Crippen LogP contribution in [0.2, 0.25) is 0 Å². The van der Waals surface area contributed by atoms with Crippen molar-refractivity contribution in [2.45, 2.75) is 32.8 Å². The first-order chi connectivity index (χ1) is 8.69. The van der Waals surface area contributed by atoms with Gasteiger partial charge < -0.3 is 10.1 Å². The largest absolute Gasteiger partial charge is 0.488 e. The van der Waals surface area contributed by atoms with Gasteiger partial charge in [-0.15, -0.1) is 11.6 Å². The molecule has 1 aromatic carbocycles. The normalized spacial score (nSPS) is 19.4. The maximum Gasteiger partial charge on any atom is 0.123 e. The molecule has 3 heteroatoms. The Morgan fingerprint density at radius 1 is 1.50 bits per heavy atom. The van der Waals surface area contributed by atoms with Gasteiger partial charge in [0.1, 0.15) is 11.9 Å². The van der Waals surface area contributed by atoms with Gasteiger partial charge in [-0.1, -0.05) is 24.6 Å². The van der Waals surface area contributed by atoms with E-state index in [-0.39, 0.29) is 6.10 Å². The van der Waals surface area contributed by atoms with E-state index in [1.54, 1.807) is 0 Å². The lowest BCUT2D eigenvalue weighted by atomic mass is 10.1. The van der Waals surface area contributed by atoms with E-state index in [0.717, 1.165) is 37.6 Å². The third-order valence-electron chi connectivity index (χ3n) is 3.42. The second-order valence-electron chi connectivity index (χ2n) is 5.30. The van der Waals surface area contributed by atoms with E-state index in [0.29, 0.717) is 5.92 Å². The van der Waals surface area contributed by atoms with Crippen LogP contribution in [0.5, 0.6) is 5.75 Å². The molecule has 1 aliphatic heterocycles. The Labute approximate surface area is 115 Å². The van der Waals surface area contributed by atoms with Crippen molar-refractivity contribution >= 4 is 11.6 Å². The summed E-state index contributed by atoms with van der Waals surface area (Å²) in [6, 6.07) is 6.42. The Kier molecular flexibility index (Phi) is 4.90. The van der Waals surface area contributed by atoms with Crippen molar-refractivity contribution in [3.8, 4) is 5.75 Å². The van der Waals surface area contributed by atoms with Gasteiger partial charge in [0.25, 0.3) is 0 Å². The molecule has 0 saturated heterocycles. The van der Waals surface area contributed by atoms with Gasteiger partial charge in [-0.2, -0.15) is 0 Å². The summed E-state index contributed by atoms with van der Waals surface area (Å²) in [7, 11) is 0. The van der Waals surface area contributed by atoms with E-state index in [1.807, 2.05) is 0 Å². The quantitative estimate of drug-likeness (QED) is 0.800. The van der Waals surface area contributed by atoms with E-state index < -0.39 is 0 Å². The summed E-state index contributed by atoms with van der Waals surface area (Å²) in [5, 5.41) is 3.48. The third kappa shape index (κ3) is 3.63. The minimum Gasteiger partial charge on any atom is -0.488 e. The maximum atomic E-state index is 5.92. The summed E-state index contributed by atoms with van der Waals surface area (Å²) in [6.07, 6.45) is 2.37. The van der Waals surface area contributed by atoms with Gasteiger partial charge in [0.05, 0.1) is 0 Å². The molecule has 1 N–H and O–H groups in total. The Hall–Kier alpha value is -0.730. The molecule has 0 saturated carbocycles. The average Bonchev–Trinajstić information content (AvgIpc) is 2.71. The SMILES string of the molecule is Cc1ccc2c(c1)CC(CNCC(C)CCCl)O2. The molecule has 2 nitrogen and oxygen atoms in total. The monoisotopic (exact) mass is 267 g/mol. The fourth-order valence-corrected chi connectivity index (χ4v) is 2.71. The van der Waals surface area contributed by atoms with Crippen molar-refractivity contribution in [3.63, 3.8) is 0 Å². The highest BCUT2D eigenvalue weighted by Gasteiger charge is 2.22. The van der Waals surface area contributed by atoms with Crippen molar-refractivity contribution in [3.05, 3.63) is 29.3 Å². The molecular weight excluding hydrogens is 246 g/mol. The van der Waals surface area contributed by atoms with Gasteiger partial charge in [-0.3, -0.25) is 0 Å². The minimum atomic E-state index is 0.282. The van der Waals surface area contributed by atoms with Crippen molar-refractivity contribution in [1.82, 2.24) is 5.32 Å². The molecule has 2 rings (SSSR count). The zero-order chi connectivity index (χ0) is 13.0. The number of hydrogen-bond donors (Lipinski definition) is 1. The molecule has 2 atom stereocenters. The van der Waals surface area contributed by atoms with Crippen LogP contribution in [0.1, 0.15) is 24.5 Å². The molecule has 0 aliphatic carbocycles. The summed E-state index contributed by atoms with van der Waals surface area (Å²) in [5.74, 6) is 2.43. The number of alkyl halides is 1. The molecule has 0 spiro atoms. The Morgan fingerprint density at radius 3 is 3.11 bits per heavy atom. The zero-order valence-corrected chi connectivity index (χ0v) is 12.0. The van der Waals surface area contributed by atoms with Crippen LogP contribution in [0.25, 0.3) is 0 Å². The van der Waals surface area contributed by atoms with Gasteiger partial charge >= 0.3 is 0 Å². The van der Waals surface area contributed by atoms with Crippen LogP contribution < -0.4 is 10.1 Å². The molecular formula is C15H22ClNO. The fourth-order valence-electron chi connectivity index (χ4n) is 2.34. The highest BCUT2D eigenvalue weighted by Crippen LogP contribution is 2.29. The highest BCUT2D eigenvalue weighted by molar-refractivity contribution is 6.17. The van der Waals surface area contributed by atoms with Crippen LogP contribution in [0.4, 0.5) is 0 Å². The standard InChI is InChI=1S/C15H22ClNO/c1-11-3-4-15-13(7-11)8-14(18-15)10-17-9-12(2)5-6-16/h3-4,7,12,14,17H,5-6,8-10H2,1-2H3. The topological polar surface area (TPSA) is 21.3 Å². The van der Waals surface area contributed by atoms with Crippen molar-refractivity contribution in [2.75, 3.05) is 19.0 Å². The number of benzene rings is 1. The van der Waals surface area contributed by atoms with Crippen LogP contribution in [0.15, 0.2) is 18.2 Å². The molecule has 1 heterocycles. The molecule has 0 radical (unpaired) electrons. The molecule has 0 aromatic heterocycles. The lowest BCUT2D eigenvalue weighted by Crippen LogP contribution is -2.32. The van der Waals surface area contributed by atoms with E-state index in [4.69, 9.17) is 16.3 Å². The Balaban J connectivity index is 1.74. The number of fused-ring (bicyclic) bond motifs is 1. The van der Waals surface area contributed by atoms with E-state index >= 15 is 0 Å². The summed E-state index contributed by atoms with van der Waals surface area (Å²) < 4.78 is 5.92. The molecule has 1 aliphatic rings. The molecule has 0 amide bonds. The Bertz CT molecular complexity index is 394. The molecule has 0 bridgehead atoms. The predicted molar refractivity (Wildman–Crippen MR) is 76.7 cm³/mol. The number of aryl methyl sites for hydroxylation is 1. The van der Waals surface area contributed by atoms with Crippen LogP contribution in [0, 0.1) is 12.8 Å². The summed E-state index contributed by atoms with van der Waals surface area (Å²) in [6.45, 7) is 6.28. The Morgan fingerprint density at radius 2 is 2.33 bits per heavy atom. The minimum absolute atomic E-state index is 0.282. The van der Waals surface area contributed by atoms with Crippen molar-refractivity contribution < 1.29 is 4.74 Å². The second-order valence-corrected chi connectivity index (χ2v) is 5.67. The average molecular weight is 268 g/mol. The summed E-state index contributed by atoms with van der Waals surface area (Å²) in [5.41, 5.74) is 2.65. The number of rotatable bonds is 6. The fraction of sp³-hybridized carbons (Fsp3) is 0.600. The van der Waals surface area contributed by atoms with Crippen LogP contribution in [-0.4, -0.2) is 25.1 Å². The lowest BCUT2D eigenvalue weighted by molar-refractivity contribution is 0.225. The number of halogens is 1.